The second-order valence-corrected chi connectivity index (χ2v) is 11.8. The van der Waals surface area contributed by atoms with E-state index < -0.39 is 18.6 Å². The van der Waals surface area contributed by atoms with E-state index in [1.54, 1.807) is 36.4 Å². The van der Waals surface area contributed by atoms with Crippen molar-refractivity contribution in [3.8, 4) is 40.5 Å². The topological polar surface area (TPSA) is 152 Å². The average Bonchev–Trinajstić information content (AvgIpc) is 3.72. The van der Waals surface area contributed by atoms with Gasteiger partial charge in [0.1, 0.15) is 41.9 Å². The third-order valence-corrected chi connectivity index (χ3v) is 7.76. The highest BCUT2D eigenvalue weighted by molar-refractivity contribution is 5.78. The Labute approximate surface area is 301 Å². The van der Waals surface area contributed by atoms with Gasteiger partial charge < -0.3 is 23.4 Å². The molecule has 0 aliphatic rings. The molecule has 11 nitrogen and oxygen atoms in total. The van der Waals surface area contributed by atoms with Gasteiger partial charge >= 0.3 is 12.1 Å². The van der Waals surface area contributed by atoms with Gasteiger partial charge in [-0.25, -0.2) is 14.8 Å². The Bertz CT molecular complexity index is 2120. The van der Waals surface area contributed by atoms with E-state index >= 15 is 0 Å². The molecule has 2 aromatic heterocycles. The zero-order valence-electron chi connectivity index (χ0n) is 29.1. The van der Waals surface area contributed by atoms with Crippen molar-refractivity contribution in [1.82, 2.24) is 14.9 Å². The van der Waals surface area contributed by atoms with Crippen LogP contribution < -0.4 is 9.47 Å². The molecule has 1 N–H and O–H groups in total. The standard InChI is InChI=1S/C28H26N2O6.C13H12N2O/c1-19-11-13-23(14-12-19)36-28(33)30(17-26(31)32)16-21-7-6-10-24(15-21)34-18-25-20(2)35-27(29-25)22-8-4-3-5-9-22;1-10-12(8-5-9-14)15-13(16-10)11-6-3-2-4-7-11/h3-15H,16-18H2,1-2H3,(H,31,32);2-4,6-7H,5,8H2,1H3. The Balaban J connectivity index is 0.000000272. The third kappa shape index (κ3) is 10.4. The Morgan fingerprint density at radius 3 is 1.96 bits per heavy atom. The molecule has 0 aliphatic heterocycles. The predicted molar refractivity (Wildman–Crippen MR) is 193 cm³/mol. The van der Waals surface area contributed by atoms with Gasteiger partial charge in [-0.1, -0.05) is 66.2 Å². The second kappa shape index (κ2) is 17.8. The molecule has 6 rings (SSSR count). The highest BCUT2D eigenvalue weighted by Gasteiger charge is 2.20. The summed E-state index contributed by atoms with van der Waals surface area (Å²) in [7, 11) is 0. The van der Waals surface area contributed by atoms with E-state index in [2.05, 4.69) is 16.0 Å². The number of hydrogen-bond donors (Lipinski definition) is 1. The van der Waals surface area contributed by atoms with Crippen LogP contribution in [0.15, 0.2) is 118 Å². The van der Waals surface area contributed by atoms with Crippen molar-refractivity contribution >= 4 is 12.1 Å². The molecule has 0 fully saturated rings. The third-order valence-electron chi connectivity index (χ3n) is 7.76. The number of ether oxygens (including phenoxy) is 2. The highest BCUT2D eigenvalue weighted by atomic mass is 16.6. The molecule has 11 heteroatoms. The number of nitriles is 1. The lowest BCUT2D eigenvalue weighted by Gasteiger charge is -2.20. The number of rotatable bonds is 12. The first kappa shape index (κ1) is 36.6. The zero-order valence-corrected chi connectivity index (χ0v) is 29.1. The van der Waals surface area contributed by atoms with Crippen molar-refractivity contribution in [2.45, 2.75) is 46.8 Å². The van der Waals surface area contributed by atoms with Gasteiger partial charge in [-0.3, -0.25) is 9.69 Å². The summed E-state index contributed by atoms with van der Waals surface area (Å²) in [5.74, 6) is 2.38. The zero-order chi connectivity index (χ0) is 36.9. The maximum absolute atomic E-state index is 12.7. The van der Waals surface area contributed by atoms with Gasteiger partial charge in [0.05, 0.1) is 11.8 Å². The van der Waals surface area contributed by atoms with Crippen LogP contribution in [0.4, 0.5) is 4.79 Å². The largest absolute Gasteiger partial charge is 0.487 e. The Hall–Kier alpha value is -6.67. The number of carboxylic acid groups (broad SMARTS) is 1. The smallest absolute Gasteiger partial charge is 0.416 e. The first-order chi connectivity index (χ1) is 25.2. The van der Waals surface area contributed by atoms with Gasteiger partial charge in [0, 0.05) is 30.5 Å². The molecule has 0 radical (unpaired) electrons. The van der Waals surface area contributed by atoms with Gasteiger partial charge in [-0.15, -0.1) is 0 Å². The van der Waals surface area contributed by atoms with Crippen LogP contribution in [-0.4, -0.2) is 38.6 Å². The summed E-state index contributed by atoms with van der Waals surface area (Å²) in [6.45, 7) is 5.36. The Morgan fingerprint density at radius 1 is 0.769 bits per heavy atom. The average molecular weight is 699 g/mol. The van der Waals surface area contributed by atoms with Crippen LogP contribution in [0, 0.1) is 32.1 Å². The minimum Gasteiger partial charge on any atom is -0.487 e. The fraction of sp³-hybridized carbons (Fsp3) is 0.195. The normalized spacial score (nSPS) is 10.4. The molecule has 52 heavy (non-hydrogen) atoms. The van der Waals surface area contributed by atoms with Crippen LogP contribution in [0.1, 0.15) is 40.5 Å². The molecular formula is C41H38N4O7. The summed E-state index contributed by atoms with van der Waals surface area (Å²) < 4.78 is 22.6. The van der Waals surface area contributed by atoms with Crippen LogP contribution in [0.2, 0.25) is 0 Å². The summed E-state index contributed by atoms with van der Waals surface area (Å²) in [4.78, 5) is 34.1. The van der Waals surface area contributed by atoms with E-state index in [1.165, 1.54) is 0 Å². The molecule has 0 aliphatic carbocycles. The second-order valence-electron chi connectivity index (χ2n) is 11.8. The summed E-state index contributed by atoms with van der Waals surface area (Å²) >= 11 is 0. The van der Waals surface area contributed by atoms with Crippen molar-refractivity contribution in [1.29, 1.82) is 5.26 Å². The molecule has 0 bridgehead atoms. The molecule has 0 saturated heterocycles. The number of benzene rings is 4. The molecule has 0 atom stereocenters. The van der Waals surface area contributed by atoms with Gasteiger partial charge in [-0.05, 0) is 74.9 Å². The molecule has 0 spiro atoms. The number of carbonyl (C=O) groups excluding carboxylic acids is 1. The first-order valence-corrected chi connectivity index (χ1v) is 16.6. The molecule has 2 heterocycles. The number of carbonyl (C=O) groups is 2. The van der Waals surface area contributed by atoms with Crippen LogP contribution in [0.3, 0.4) is 0 Å². The van der Waals surface area contributed by atoms with E-state index in [9.17, 15) is 14.7 Å². The fourth-order valence-corrected chi connectivity index (χ4v) is 5.03. The monoisotopic (exact) mass is 698 g/mol. The summed E-state index contributed by atoms with van der Waals surface area (Å²) in [5.41, 5.74) is 5.11. The van der Waals surface area contributed by atoms with E-state index in [0.29, 0.717) is 53.1 Å². The number of aromatic nitrogens is 2. The number of amides is 1. The fourth-order valence-electron chi connectivity index (χ4n) is 5.03. The number of oxazole rings is 2. The van der Waals surface area contributed by atoms with Crippen LogP contribution in [0.5, 0.6) is 11.5 Å². The maximum atomic E-state index is 12.7. The van der Waals surface area contributed by atoms with Gasteiger partial charge in [0.25, 0.3) is 0 Å². The first-order valence-electron chi connectivity index (χ1n) is 16.6. The van der Waals surface area contributed by atoms with Crippen molar-refractivity contribution in [2.24, 2.45) is 0 Å². The lowest BCUT2D eigenvalue weighted by atomic mass is 10.2. The quantitative estimate of drug-likeness (QED) is 0.131. The Morgan fingerprint density at radius 2 is 1.37 bits per heavy atom. The predicted octanol–water partition coefficient (Wildman–Crippen LogP) is 8.73. The lowest BCUT2D eigenvalue weighted by molar-refractivity contribution is -0.138. The van der Waals surface area contributed by atoms with Crippen LogP contribution in [0.25, 0.3) is 22.9 Å². The van der Waals surface area contributed by atoms with Crippen molar-refractivity contribution in [3.63, 3.8) is 0 Å². The van der Waals surface area contributed by atoms with Gasteiger partial charge in [0.2, 0.25) is 11.8 Å². The molecule has 0 saturated carbocycles. The van der Waals surface area contributed by atoms with Crippen LogP contribution in [-0.2, 0) is 24.4 Å². The lowest BCUT2D eigenvalue weighted by Crippen LogP contribution is -2.37. The van der Waals surface area contributed by atoms with E-state index in [4.69, 9.17) is 23.6 Å². The summed E-state index contributed by atoms with van der Waals surface area (Å²) in [6, 6.07) is 35.5. The van der Waals surface area contributed by atoms with Gasteiger partial charge in [-0.2, -0.15) is 5.26 Å². The Kier molecular flexibility index (Phi) is 12.5. The summed E-state index contributed by atoms with van der Waals surface area (Å²) in [6.07, 6.45) is 0.375. The van der Waals surface area contributed by atoms with E-state index in [-0.39, 0.29) is 13.2 Å². The number of nitrogens with zero attached hydrogens (tertiary/aromatic N) is 4. The van der Waals surface area contributed by atoms with Crippen LogP contribution >= 0.6 is 0 Å². The van der Waals surface area contributed by atoms with Crippen molar-refractivity contribution < 1.29 is 33.0 Å². The molecule has 264 valence electrons. The number of carboxylic acids is 1. The van der Waals surface area contributed by atoms with E-state index in [1.807, 2.05) is 93.6 Å². The number of aliphatic carboxylic acids is 1. The molecular weight excluding hydrogens is 660 g/mol. The SMILES string of the molecule is Cc1ccc(OC(=O)N(CC(=O)O)Cc2cccc(OCc3nc(-c4ccccc4)oc3C)c2)cc1.Cc1oc(-c2ccccc2)nc1CCC#N. The minimum atomic E-state index is -1.14. The van der Waals surface area contributed by atoms with Crippen molar-refractivity contribution in [3.05, 3.63) is 143 Å². The minimum absolute atomic E-state index is 0.0370. The number of aryl methyl sites for hydroxylation is 4. The summed E-state index contributed by atoms with van der Waals surface area (Å²) in [5, 5.41) is 17.8. The van der Waals surface area contributed by atoms with Crippen molar-refractivity contribution in [2.75, 3.05) is 6.54 Å². The van der Waals surface area contributed by atoms with Gasteiger partial charge in [0.15, 0.2) is 0 Å². The molecule has 0 unspecified atom stereocenters. The maximum Gasteiger partial charge on any atom is 0.416 e. The van der Waals surface area contributed by atoms with E-state index in [0.717, 1.165) is 33.0 Å². The highest BCUT2D eigenvalue weighted by Crippen LogP contribution is 2.24. The number of hydrogen-bond acceptors (Lipinski definition) is 9. The molecule has 1 amide bonds. The molecule has 6 aromatic rings. The molecule has 4 aromatic carbocycles.